The van der Waals surface area contributed by atoms with Crippen LogP contribution in [0.5, 0.6) is 5.75 Å². The van der Waals surface area contributed by atoms with Crippen LogP contribution in [0.15, 0.2) is 77.6 Å². The Morgan fingerprint density at radius 3 is 2.45 bits per heavy atom. The first kappa shape index (κ1) is 29.8. The van der Waals surface area contributed by atoms with Crippen LogP contribution in [-0.2, 0) is 12.0 Å². The molecule has 2 N–H and O–H groups in total. The van der Waals surface area contributed by atoms with Crippen molar-refractivity contribution >= 4 is 46.3 Å². The smallest absolute Gasteiger partial charge is 0.259 e. The number of anilines is 2. The highest BCUT2D eigenvalue weighted by Crippen LogP contribution is 2.32. The first-order valence-corrected chi connectivity index (χ1v) is 15.4. The van der Waals surface area contributed by atoms with Gasteiger partial charge in [-0.15, -0.1) is 0 Å². The van der Waals surface area contributed by atoms with E-state index >= 15 is 0 Å². The predicted octanol–water partition coefficient (Wildman–Crippen LogP) is 7.64. The lowest BCUT2D eigenvalue weighted by Crippen LogP contribution is -2.38. The Labute approximate surface area is 255 Å². The highest BCUT2D eigenvalue weighted by atomic mass is 35.5. The Hall–Kier alpha value is -3.72. The maximum absolute atomic E-state index is 13.7. The summed E-state index contributed by atoms with van der Waals surface area (Å²) in [7, 11) is 0. The molecule has 1 saturated heterocycles. The number of thiophene rings is 1. The van der Waals surface area contributed by atoms with E-state index in [2.05, 4.69) is 58.1 Å². The van der Waals surface area contributed by atoms with E-state index in [1.165, 1.54) is 11.8 Å². The second-order valence-corrected chi connectivity index (χ2v) is 12.7. The van der Waals surface area contributed by atoms with Crippen molar-refractivity contribution in [1.82, 2.24) is 9.88 Å². The van der Waals surface area contributed by atoms with Crippen LogP contribution in [-0.4, -0.2) is 40.9 Å². The van der Waals surface area contributed by atoms with Crippen LogP contribution in [0.2, 0.25) is 5.02 Å². The molecular formula is C33H35ClN4O3S. The summed E-state index contributed by atoms with van der Waals surface area (Å²) in [6.07, 6.45) is 3.23. The van der Waals surface area contributed by atoms with Crippen molar-refractivity contribution < 1.29 is 14.3 Å². The fraction of sp³-hybridized carbons (Fsp3) is 0.303. The molecule has 1 fully saturated rings. The van der Waals surface area contributed by atoms with Crippen LogP contribution in [0, 0.1) is 0 Å². The Morgan fingerprint density at radius 2 is 1.76 bits per heavy atom. The molecule has 0 radical (unpaired) electrons. The first-order valence-electron chi connectivity index (χ1n) is 14.0. The Bertz CT molecular complexity index is 1530. The van der Waals surface area contributed by atoms with Crippen LogP contribution in [0.4, 0.5) is 11.5 Å². The van der Waals surface area contributed by atoms with Crippen molar-refractivity contribution in [3.05, 3.63) is 105 Å². The zero-order valence-corrected chi connectivity index (χ0v) is 25.6. The van der Waals surface area contributed by atoms with Crippen LogP contribution in [0.3, 0.4) is 0 Å². The van der Waals surface area contributed by atoms with Gasteiger partial charge in [-0.1, -0.05) is 50.6 Å². The number of nitrogens with one attached hydrogen (secondary N) is 2. The molecule has 7 nitrogen and oxygen atoms in total. The molecule has 0 saturated carbocycles. The lowest BCUT2D eigenvalue weighted by atomic mass is 9.86. The number of amides is 2. The highest BCUT2D eigenvalue weighted by Gasteiger charge is 2.25. The monoisotopic (exact) mass is 602 g/mol. The molecule has 2 aromatic heterocycles. The summed E-state index contributed by atoms with van der Waals surface area (Å²) in [6, 6.07) is 18.1. The van der Waals surface area contributed by atoms with E-state index in [-0.39, 0.29) is 17.4 Å². The summed E-state index contributed by atoms with van der Waals surface area (Å²) in [5.41, 5.74) is 3.44. The minimum Gasteiger partial charge on any atom is -0.489 e. The average molecular weight is 603 g/mol. The van der Waals surface area contributed by atoms with Crippen molar-refractivity contribution in [3.8, 4) is 5.75 Å². The Kier molecular flexibility index (Phi) is 9.26. The summed E-state index contributed by atoms with van der Waals surface area (Å²) >= 11 is 7.64. The lowest BCUT2D eigenvalue weighted by Gasteiger charge is -2.32. The third-order valence-corrected chi connectivity index (χ3v) is 8.25. The van der Waals surface area contributed by atoms with Gasteiger partial charge in [0.1, 0.15) is 17.7 Å². The molecule has 0 spiro atoms. The number of halogens is 1. The largest absolute Gasteiger partial charge is 0.489 e. The summed E-state index contributed by atoms with van der Waals surface area (Å²) in [5, 5.41) is 10.5. The number of aromatic nitrogens is 1. The van der Waals surface area contributed by atoms with Gasteiger partial charge in [-0.2, -0.15) is 11.3 Å². The van der Waals surface area contributed by atoms with E-state index < -0.39 is 5.91 Å². The van der Waals surface area contributed by atoms with E-state index in [0.29, 0.717) is 33.4 Å². The van der Waals surface area contributed by atoms with Crippen LogP contribution < -0.4 is 15.4 Å². The Balaban J connectivity index is 1.32. The molecule has 3 heterocycles. The minimum absolute atomic E-state index is 0.00966. The second kappa shape index (κ2) is 13.1. The standard InChI is InChI=1S/C33H35ClN4O3S/c1-33(2,3)23-8-10-27(29(18-23)41-25-12-15-38(16-13-25)20-22-14-17-42-21-22)32(40)36-28-7-5-4-6-26(28)31(39)37-30-11-9-24(34)19-35-30/h4-11,14,17-19,21,25H,12-13,15-16,20H2,1-3H3,(H,36,40)(H,35,37,39). The number of hydrogen-bond acceptors (Lipinski definition) is 6. The van der Waals surface area contributed by atoms with E-state index in [4.69, 9.17) is 16.3 Å². The summed E-state index contributed by atoms with van der Waals surface area (Å²) in [4.78, 5) is 33.3. The number of ether oxygens (including phenoxy) is 1. The van der Waals surface area contributed by atoms with Gasteiger partial charge < -0.3 is 15.4 Å². The van der Waals surface area contributed by atoms with E-state index in [9.17, 15) is 9.59 Å². The number of rotatable bonds is 8. The molecule has 0 bridgehead atoms. The van der Waals surface area contributed by atoms with E-state index in [1.807, 2.05) is 18.2 Å². The molecule has 9 heteroatoms. The van der Waals surface area contributed by atoms with Gasteiger partial charge in [0.2, 0.25) is 0 Å². The fourth-order valence-electron chi connectivity index (χ4n) is 4.89. The number of piperidine rings is 1. The summed E-state index contributed by atoms with van der Waals surface area (Å²) in [5.74, 6) is 0.184. The maximum atomic E-state index is 13.7. The van der Waals surface area contributed by atoms with E-state index in [1.54, 1.807) is 47.7 Å². The van der Waals surface area contributed by atoms with Gasteiger partial charge in [0, 0.05) is 25.8 Å². The van der Waals surface area contributed by atoms with Gasteiger partial charge >= 0.3 is 0 Å². The van der Waals surface area contributed by atoms with Crippen LogP contribution in [0.1, 0.15) is 65.5 Å². The van der Waals surface area contributed by atoms with E-state index in [0.717, 1.165) is 38.0 Å². The number of pyridine rings is 1. The third kappa shape index (κ3) is 7.56. The van der Waals surface area contributed by atoms with Crippen molar-refractivity contribution in [3.63, 3.8) is 0 Å². The molecule has 5 rings (SSSR count). The van der Waals surface area contributed by atoms with Crippen LogP contribution in [0.25, 0.3) is 0 Å². The molecule has 42 heavy (non-hydrogen) atoms. The van der Waals surface area contributed by atoms with Gasteiger partial charge in [0.05, 0.1) is 21.8 Å². The highest BCUT2D eigenvalue weighted by molar-refractivity contribution is 7.07. The maximum Gasteiger partial charge on any atom is 0.259 e. The van der Waals surface area contributed by atoms with Crippen molar-refractivity contribution in [1.29, 1.82) is 0 Å². The van der Waals surface area contributed by atoms with Gasteiger partial charge in [0.15, 0.2) is 0 Å². The Morgan fingerprint density at radius 1 is 1.00 bits per heavy atom. The first-order chi connectivity index (χ1) is 20.2. The topological polar surface area (TPSA) is 83.6 Å². The number of carbonyl (C=O) groups is 2. The average Bonchev–Trinajstić information content (AvgIpc) is 3.48. The molecule has 1 aliphatic rings. The molecule has 218 valence electrons. The van der Waals surface area contributed by atoms with Gasteiger partial charge in [-0.3, -0.25) is 14.5 Å². The molecule has 4 aromatic rings. The van der Waals surface area contributed by atoms with Gasteiger partial charge in [-0.25, -0.2) is 4.98 Å². The predicted molar refractivity (Wildman–Crippen MR) is 170 cm³/mol. The molecule has 0 aliphatic carbocycles. The number of benzene rings is 2. The summed E-state index contributed by atoms with van der Waals surface area (Å²) in [6.45, 7) is 9.24. The normalized spacial score (nSPS) is 14.4. The van der Waals surface area contributed by atoms with Gasteiger partial charge in [-0.05, 0) is 82.6 Å². The number of nitrogens with zero attached hydrogens (tertiary/aromatic N) is 2. The number of likely N-dealkylation sites (tertiary alicyclic amines) is 1. The molecule has 2 amide bonds. The van der Waals surface area contributed by atoms with Crippen LogP contribution >= 0.6 is 22.9 Å². The molecule has 0 unspecified atom stereocenters. The zero-order chi connectivity index (χ0) is 29.7. The van der Waals surface area contributed by atoms with Crippen molar-refractivity contribution in [2.24, 2.45) is 0 Å². The van der Waals surface area contributed by atoms with Gasteiger partial charge in [0.25, 0.3) is 11.8 Å². The number of carbonyl (C=O) groups excluding carboxylic acids is 2. The van der Waals surface area contributed by atoms with Crippen molar-refractivity contribution in [2.75, 3.05) is 23.7 Å². The number of hydrogen-bond donors (Lipinski definition) is 2. The quantitative estimate of drug-likeness (QED) is 0.216. The fourth-order valence-corrected chi connectivity index (χ4v) is 5.66. The SMILES string of the molecule is CC(C)(C)c1ccc(C(=O)Nc2ccccc2C(=O)Nc2ccc(Cl)cn2)c(OC2CCN(Cc3ccsc3)CC2)c1. The molecule has 2 aromatic carbocycles. The minimum atomic E-state index is -0.394. The third-order valence-electron chi connectivity index (χ3n) is 7.30. The van der Waals surface area contributed by atoms with Crippen molar-refractivity contribution in [2.45, 2.75) is 51.7 Å². The zero-order valence-electron chi connectivity index (χ0n) is 24.0. The number of para-hydroxylation sites is 1. The molecule has 1 aliphatic heterocycles. The molecule has 0 atom stereocenters. The lowest BCUT2D eigenvalue weighted by molar-refractivity contribution is 0.0923. The molecular weight excluding hydrogens is 568 g/mol. The summed E-state index contributed by atoms with van der Waals surface area (Å²) < 4.78 is 6.55. The second-order valence-electron chi connectivity index (χ2n) is 11.5.